The lowest BCUT2D eigenvalue weighted by Gasteiger charge is -2.34. The van der Waals surface area contributed by atoms with E-state index in [0.29, 0.717) is 26.2 Å². The topological polar surface area (TPSA) is 54.8 Å². The number of nitrogens with zero attached hydrogens (tertiary/aromatic N) is 3. The second kappa shape index (κ2) is 7.16. The van der Waals surface area contributed by atoms with Crippen LogP contribution in [0.3, 0.4) is 0 Å². The molecule has 1 aliphatic carbocycles. The van der Waals surface area contributed by atoms with Crippen molar-refractivity contribution in [1.82, 2.24) is 9.47 Å². The maximum atomic E-state index is 15.5. The first kappa shape index (κ1) is 18.9. The third-order valence-electron chi connectivity index (χ3n) is 5.44. The summed E-state index contributed by atoms with van der Waals surface area (Å²) in [6, 6.07) is 1.06. The van der Waals surface area contributed by atoms with Gasteiger partial charge in [-0.3, -0.25) is 4.79 Å². The first-order valence-electron chi connectivity index (χ1n) is 9.59. The Balaban J connectivity index is 1.92. The zero-order valence-corrected chi connectivity index (χ0v) is 16.0. The number of aromatic nitrogens is 1. The van der Waals surface area contributed by atoms with E-state index in [1.807, 2.05) is 7.05 Å². The summed E-state index contributed by atoms with van der Waals surface area (Å²) in [7, 11) is 1.96. The van der Waals surface area contributed by atoms with Crippen LogP contribution in [-0.2, 0) is 4.74 Å². The smallest absolute Gasteiger partial charge is 0.343 e. The Hall–Kier alpha value is -2.48. The number of anilines is 1. The number of likely N-dealkylation sites (N-methyl/N-ethyl adjacent to an activating group) is 1. The molecule has 1 saturated carbocycles. The lowest BCUT2D eigenvalue weighted by molar-refractivity contribution is 0.0524. The molecule has 2 heterocycles. The number of ether oxygens (including phenoxy) is 1. The minimum absolute atomic E-state index is 0.00317. The molecule has 2 aromatic rings. The molecule has 6 nitrogen and oxygen atoms in total. The van der Waals surface area contributed by atoms with Gasteiger partial charge in [0.15, 0.2) is 5.82 Å². The average molecular weight is 391 g/mol. The second-order valence-corrected chi connectivity index (χ2v) is 7.44. The maximum Gasteiger partial charge on any atom is 0.343 e. The summed E-state index contributed by atoms with van der Waals surface area (Å²) in [5.41, 5.74) is -0.922. The fourth-order valence-corrected chi connectivity index (χ4v) is 3.75. The minimum atomic E-state index is -0.782. The monoisotopic (exact) mass is 391 g/mol. The molecular weight excluding hydrogens is 368 g/mol. The van der Waals surface area contributed by atoms with Crippen molar-refractivity contribution in [3.8, 4) is 0 Å². The summed E-state index contributed by atoms with van der Waals surface area (Å²) < 4.78 is 37.0. The fraction of sp³-hybridized carbons (Fsp3) is 0.500. The molecule has 0 radical (unpaired) electrons. The van der Waals surface area contributed by atoms with Gasteiger partial charge in [-0.05, 0) is 32.9 Å². The lowest BCUT2D eigenvalue weighted by atomic mass is 10.1. The zero-order valence-electron chi connectivity index (χ0n) is 16.0. The van der Waals surface area contributed by atoms with Crippen LogP contribution in [0.1, 0.15) is 36.2 Å². The Morgan fingerprint density at radius 2 is 1.89 bits per heavy atom. The standard InChI is InChI=1S/C20H23F2N3O3/c1-3-28-20(27)14-11-25(12-4-5-12)17-13(19(14)26)10-15(21)18(16(17)22)24-8-6-23(2)7-9-24/h10-12H,3-9H2,1-2H3. The Morgan fingerprint density at radius 1 is 1.21 bits per heavy atom. The summed E-state index contributed by atoms with van der Waals surface area (Å²) in [5.74, 6) is -2.29. The maximum absolute atomic E-state index is 15.5. The van der Waals surface area contributed by atoms with E-state index in [9.17, 15) is 14.0 Å². The molecule has 0 unspecified atom stereocenters. The van der Waals surface area contributed by atoms with Crippen LogP contribution in [0.15, 0.2) is 17.1 Å². The van der Waals surface area contributed by atoms with Crippen LogP contribution in [0.4, 0.5) is 14.5 Å². The SMILES string of the molecule is CCOC(=O)c1cn(C2CC2)c2c(F)c(N3CCN(C)CC3)c(F)cc2c1=O. The van der Waals surface area contributed by atoms with Crippen molar-refractivity contribution in [3.63, 3.8) is 0 Å². The number of fused-ring (bicyclic) bond motifs is 1. The van der Waals surface area contributed by atoms with Crippen LogP contribution in [0.25, 0.3) is 10.9 Å². The van der Waals surface area contributed by atoms with Crippen LogP contribution < -0.4 is 10.3 Å². The second-order valence-electron chi connectivity index (χ2n) is 7.44. The Bertz CT molecular complexity index is 993. The fourth-order valence-electron chi connectivity index (χ4n) is 3.75. The molecule has 0 spiro atoms. The highest BCUT2D eigenvalue weighted by atomic mass is 19.1. The van der Waals surface area contributed by atoms with Crippen LogP contribution in [0.2, 0.25) is 0 Å². The van der Waals surface area contributed by atoms with Gasteiger partial charge in [-0.2, -0.15) is 0 Å². The van der Waals surface area contributed by atoms with Crippen LogP contribution >= 0.6 is 0 Å². The van der Waals surface area contributed by atoms with E-state index < -0.39 is 23.0 Å². The van der Waals surface area contributed by atoms with Crippen molar-refractivity contribution in [1.29, 1.82) is 0 Å². The summed E-state index contributed by atoms with van der Waals surface area (Å²) >= 11 is 0. The minimum Gasteiger partial charge on any atom is -0.462 e. The third-order valence-corrected chi connectivity index (χ3v) is 5.44. The number of hydrogen-bond donors (Lipinski definition) is 0. The predicted octanol–water partition coefficient (Wildman–Crippen LogP) is 2.54. The van der Waals surface area contributed by atoms with Crippen LogP contribution in [-0.4, -0.2) is 55.3 Å². The van der Waals surface area contributed by atoms with Crippen LogP contribution in [0.5, 0.6) is 0 Å². The average Bonchev–Trinajstić information content (AvgIpc) is 3.49. The van der Waals surface area contributed by atoms with E-state index in [4.69, 9.17) is 4.74 Å². The summed E-state index contributed by atoms with van der Waals surface area (Å²) in [4.78, 5) is 28.8. The van der Waals surface area contributed by atoms with Gasteiger partial charge in [0.05, 0.1) is 17.5 Å². The highest BCUT2D eigenvalue weighted by Gasteiger charge is 2.31. The van der Waals surface area contributed by atoms with Gasteiger partial charge in [0.1, 0.15) is 17.1 Å². The largest absolute Gasteiger partial charge is 0.462 e. The number of carbonyl (C=O) groups excluding carboxylic acids is 1. The summed E-state index contributed by atoms with van der Waals surface area (Å²) in [6.07, 6.45) is 3.01. The Morgan fingerprint density at radius 3 is 2.50 bits per heavy atom. The lowest BCUT2D eigenvalue weighted by Crippen LogP contribution is -2.45. The van der Waals surface area contributed by atoms with E-state index in [1.165, 1.54) is 6.20 Å². The number of esters is 1. The summed E-state index contributed by atoms with van der Waals surface area (Å²) in [6.45, 7) is 4.17. The number of hydrogen-bond acceptors (Lipinski definition) is 5. The molecule has 2 fully saturated rings. The van der Waals surface area contributed by atoms with Gasteiger partial charge >= 0.3 is 5.97 Å². The van der Waals surface area contributed by atoms with Crippen molar-refractivity contribution in [3.05, 3.63) is 39.7 Å². The van der Waals surface area contributed by atoms with E-state index >= 15 is 4.39 Å². The molecule has 150 valence electrons. The van der Waals surface area contributed by atoms with Crippen molar-refractivity contribution in [2.45, 2.75) is 25.8 Å². The van der Waals surface area contributed by atoms with Gasteiger partial charge in [0, 0.05) is 38.4 Å². The van der Waals surface area contributed by atoms with Gasteiger partial charge in [0.25, 0.3) is 0 Å². The van der Waals surface area contributed by atoms with Gasteiger partial charge in [-0.15, -0.1) is 0 Å². The number of piperazine rings is 1. The molecule has 1 aromatic heterocycles. The zero-order chi connectivity index (χ0) is 20.0. The molecule has 0 atom stereocenters. The molecule has 28 heavy (non-hydrogen) atoms. The number of rotatable bonds is 4. The van der Waals surface area contributed by atoms with Gasteiger partial charge in [0.2, 0.25) is 5.43 Å². The molecule has 2 aliphatic rings. The first-order chi connectivity index (χ1) is 13.4. The molecule has 8 heteroatoms. The van der Waals surface area contributed by atoms with Crippen molar-refractivity contribution >= 4 is 22.6 Å². The molecular formula is C20H23F2N3O3. The first-order valence-corrected chi connectivity index (χ1v) is 9.59. The molecule has 0 bridgehead atoms. The van der Waals surface area contributed by atoms with Crippen molar-refractivity contribution in [2.24, 2.45) is 0 Å². The quantitative estimate of drug-likeness (QED) is 0.750. The van der Waals surface area contributed by atoms with E-state index in [1.54, 1.807) is 16.4 Å². The number of carbonyl (C=O) groups is 1. The van der Waals surface area contributed by atoms with E-state index in [0.717, 1.165) is 18.9 Å². The molecule has 4 rings (SSSR count). The van der Waals surface area contributed by atoms with Gasteiger partial charge in [-0.1, -0.05) is 0 Å². The van der Waals surface area contributed by atoms with Crippen molar-refractivity contribution < 1.29 is 18.3 Å². The Labute approximate surface area is 161 Å². The van der Waals surface area contributed by atoms with Crippen molar-refractivity contribution in [2.75, 3.05) is 44.7 Å². The van der Waals surface area contributed by atoms with Gasteiger partial charge < -0.3 is 19.1 Å². The van der Waals surface area contributed by atoms with Gasteiger partial charge in [-0.25, -0.2) is 13.6 Å². The number of benzene rings is 1. The molecule has 0 amide bonds. The molecule has 1 saturated heterocycles. The van der Waals surface area contributed by atoms with Crippen LogP contribution in [0, 0.1) is 11.6 Å². The number of halogens is 2. The highest BCUT2D eigenvalue weighted by Crippen LogP contribution is 2.39. The molecule has 1 aliphatic heterocycles. The molecule has 1 aromatic carbocycles. The summed E-state index contributed by atoms with van der Waals surface area (Å²) in [5, 5.41) is -0.120. The Kier molecular flexibility index (Phi) is 4.82. The normalized spacial score (nSPS) is 17.9. The third kappa shape index (κ3) is 3.15. The van der Waals surface area contributed by atoms with E-state index in [-0.39, 0.29) is 34.8 Å². The highest BCUT2D eigenvalue weighted by molar-refractivity contribution is 5.95. The molecule has 0 N–H and O–H groups in total. The number of pyridine rings is 1. The van der Waals surface area contributed by atoms with E-state index in [2.05, 4.69) is 4.90 Å². The predicted molar refractivity (Wildman–Crippen MR) is 102 cm³/mol.